The molecular formula is C10H12ClF4N. The summed E-state index contributed by atoms with van der Waals surface area (Å²) < 4.78 is 50.3. The summed E-state index contributed by atoms with van der Waals surface area (Å²) in [4.78, 5) is 0. The molecule has 0 aliphatic rings. The summed E-state index contributed by atoms with van der Waals surface area (Å²) in [6.45, 7) is 1.39. The van der Waals surface area contributed by atoms with Gasteiger partial charge in [0.2, 0.25) is 6.43 Å². The van der Waals surface area contributed by atoms with Gasteiger partial charge in [-0.05, 0) is 12.5 Å². The van der Waals surface area contributed by atoms with Gasteiger partial charge in [-0.15, -0.1) is 12.4 Å². The molecule has 0 heterocycles. The summed E-state index contributed by atoms with van der Waals surface area (Å²) in [5, 5.41) is 0. The first-order chi connectivity index (χ1) is 6.93. The van der Waals surface area contributed by atoms with Crippen molar-refractivity contribution in [3.05, 3.63) is 34.9 Å². The van der Waals surface area contributed by atoms with E-state index in [9.17, 15) is 17.6 Å². The molecule has 0 unspecified atom stereocenters. The second-order valence-corrected chi connectivity index (χ2v) is 3.33. The van der Waals surface area contributed by atoms with Crippen molar-refractivity contribution in [3.8, 4) is 0 Å². The van der Waals surface area contributed by atoms with E-state index >= 15 is 0 Å². The molecule has 0 radical (unpaired) electrons. The third kappa shape index (κ3) is 3.35. The molecule has 1 rings (SSSR count). The Morgan fingerprint density at radius 1 is 1.19 bits per heavy atom. The van der Waals surface area contributed by atoms with Gasteiger partial charge < -0.3 is 5.73 Å². The maximum absolute atomic E-state index is 13.3. The maximum Gasteiger partial charge on any atom is 0.240 e. The zero-order valence-corrected chi connectivity index (χ0v) is 9.33. The number of hydrogen-bond donors (Lipinski definition) is 1. The number of benzene rings is 1. The van der Waals surface area contributed by atoms with Crippen LogP contribution in [0.25, 0.3) is 0 Å². The highest BCUT2D eigenvalue weighted by molar-refractivity contribution is 5.85. The molecule has 1 aromatic carbocycles. The molecular weight excluding hydrogens is 246 g/mol. The average molecular weight is 258 g/mol. The second kappa shape index (κ2) is 6.06. The van der Waals surface area contributed by atoms with Crippen molar-refractivity contribution in [1.82, 2.24) is 0 Å². The van der Waals surface area contributed by atoms with Crippen LogP contribution in [0.1, 0.15) is 23.6 Å². The van der Waals surface area contributed by atoms with Gasteiger partial charge in [0.25, 0.3) is 0 Å². The summed E-state index contributed by atoms with van der Waals surface area (Å²) in [5.74, 6) is -2.17. The highest BCUT2D eigenvalue weighted by atomic mass is 35.5. The molecule has 0 saturated heterocycles. The van der Waals surface area contributed by atoms with Gasteiger partial charge in [0, 0.05) is 18.0 Å². The Bertz CT molecular complexity index is 357. The van der Waals surface area contributed by atoms with Crippen LogP contribution in [0.4, 0.5) is 17.6 Å². The van der Waals surface area contributed by atoms with Crippen molar-refractivity contribution in [3.63, 3.8) is 0 Å². The van der Waals surface area contributed by atoms with E-state index in [1.54, 1.807) is 0 Å². The summed E-state index contributed by atoms with van der Waals surface area (Å²) in [5.41, 5.74) is 5.24. The Hall–Kier alpha value is -0.810. The highest BCUT2D eigenvalue weighted by Crippen LogP contribution is 2.24. The van der Waals surface area contributed by atoms with Crippen molar-refractivity contribution >= 4 is 12.4 Å². The molecule has 0 bridgehead atoms. The van der Waals surface area contributed by atoms with Crippen LogP contribution in [0.5, 0.6) is 0 Å². The first kappa shape index (κ1) is 15.2. The summed E-state index contributed by atoms with van der Waals surface area (Å²) in [6.07, 6.45) is -3.32. The maximum atomic E-state index is 13.3. The zero-order chi connectivity index (χ0) is 11.6. The van der Waals surface area contributed by atoms with Crippen LogP contribution >= 0.6 is 12.4 Å². The molecule has 0 saturated carbocycles. The number of nitrogens with two attached hydrogens (primary N) is 1. The minimum atomic E-state index is -2.64. The summed E-state index contributed by atoms with van der Waals surface area (Å²) in [7, 11) is 0. The van der Waals surface area contributed by atoms with Crippen molar-refractivity contribution in [1.29, 1.82) is 0 Å². The lowest BCUT2D eigenvalue weighted by atomic mass is 10.0. The van der Waals surface area contributed by atoms with Gasteiger partial charge in [0.1, 0.15) is 0 Å². The lowest BCUT2D eigenvalue weighted by Gasteiger charge is -2.13. The predicted molar refractivity (Wildman–Crippen MR) is 55.9 cm³/mol. The van der Waals surface area contributed by atoms with E-state index in [4.69, 9.17) is 5.73 Å². The predicted octanol–water partition coefficient (Wildman–Crippen LogP) is 3.35. The highest BCUT2D eigenvalue weighted by Gasteiger charge is 2.19. The van der Waals surface area contributed by atoms with E-state index in [2.05, 4.69) is 0 Å². The van der Waals surface area contributed by atoms with Crippen LogP contribution in [0.15, 0.2) is 12.1 Å². The molecule has 2 N–H and O–H groups in total. The van der Waals surface area contributed by atoms with Crippen molar-refractivity contribution in [2.45, 2.75) is 25.8 Å². The van der Waals surface area contributed by atoms with E-state index in [1.807, 2.05) is 0 Å². The molecule has 92 valence electrons. The number of alkyl halides is 2. The fraction of sp³-hybridized carbons (Fsp3) is 0.400. The van der Waals surface area contributed by atoms with E-state index in [0.29, 0.717) is 0 Å². The number of rotatable bonds is 3. The van der Waals surface area contributed by atoms with Gasteiger partial charge in [-0.3, -0.25) is 0 Å². The average Bonchev–Trinajstić information content (AvgIpc) is 2.13. The van der Waals surface area contributed by atoms with Crippen molar-refractivity contribution < 1.29 is 17.6 Å². The van der Waals surface area contributed by atoms with E-state index < -0.39 is 30.5 Å². The van der Waals surface area contributed by atoms with Crippen LogP contribution in [0, 0.1) is 18.6 Å². The summed E-state index contributed by atoms with van der Waals surface area (Å²) in [6, 6.07) is 1.37. The Morgan fingerprint density at radius 2 is 1.75 bits per heavy atom. The summed E-state index contributed by atoms with van der Waals surface area (Å²) >= 11 is 0. The molecule has 0 fully saturated rings. The smallest absolute Gasteiger partial charge is 0.240 e. The van der Waals surface area contributed by atoms with Crippen LogP contribution in [0.2, 0.25) is 0 Å². The second-order valence-electron chi connectivity index (χ2n) is 3.33. The van der Waals surface area contributed by atoms with Gasteiger partial charge in [0.15, 0.2) is 11.6 Å². The zero-order valence-electron chi connectivity index (χ0n) is 8.51. The third-order valence-corrected chi connectivity index (χ3v) is 2.14. The lowest BCUT2D eigenvalue weighted by molar-refractivity contribution is 0.128. The Labute approximate surface area is 97.0 Å². The molecule has 0 aliphatic carbocycles. The standard InChI is InChI=1S/C10H11F4N.ClH/c1-5-2-3-6(10(14)9(5)13)7(15)4-8(11)12;/h2-3,7-8H,4,15H2,1H3;1H/t7-;/m1./s1. The van der Waals surface area contributed by atoms with Gasteiger partial charge in [-0.25, -0.2) is 17.6 Å². The topological polar surface area (TPSA) is 26.0 Å². The molecule has 0 amide bonds. The Kier molecular flexibility index (Phi) is 5.75. The van der Waals surface area contributed by atoms with Crippen LogP contribution in [0.3, 0.4) is 0 Å². The molecule has 0 aliphatic heterocycles. The van der Waals surface area contributed by atoms with Gasteiger partial charge in [-0.1, -0.05) is 12.1 Å². The number of halogens is 5. The minimum absolute atomic E-state index is 0. The quantitative estimate of drug-likeness (QED) is 0.826. The fourth-order valence-electron chi connectivity index (χ4n) is 1.27. The number of hydrogen-bond acceptors (Lipinski definition) is 1. The normalized spacial score (nSPS) is 12.4. The first-order valence-corrected chi connectivity index (χ1v) is 4.41. The van der Waals surface area contributed by atoms with Crippen LogP contribution < -0.4 is 5.73 Å². The minimum Gasteiger partial charge on any atom is -0.324 e. The Balaban J connectivity index is 0.00000225. The molecule has 0 spiro atoms. The molecule has 1 nitrogen and oxygen atoms in total. The number of aryl methyl sites for hydroxylation is 1. The van der Waals surface area contributed by atoms with E-state index in [0.717, 1.165) is 0 Å². The molecule has 6 heteroatoms. The first-order valence-electron chi connectivity index (χ1n) is 4.41. The van der Waals surface area contributed by atoms with E-state index in [1.165, 1.54) is 19.1 Å². The largest absolute Gasteiger partial charge is 0.324 e. The van der Waals surface area contributed by atoms with Gasteiger partial charge in [-0.2, -0.15) is 0 Å². The van der Waals surface area contributed by atoms with Crippen LogP contribution in [-0.2, 0) is 0 Å². The van der Waals surface area contributed by atoms with Crippen LogP contribution in [-0.4, -0.2) is 6.43 Å². The molecule has 1 atom stereocenters. The third-order valence-electron chi connectivity index (χ3n) is 2.14. The van der Waals surface area contributed by atoms with Gasteiger partial charge >= 0.3 is 0 Å². The fourth-order valence-corrected chi connectivity index (χ4v) is 1.27. The van der Waals surface area contributed by atoms with E-state index in [-0.39, 0.29) is 23.5 Å². The lowest BCUT2D eigenvalue weighted by Crippen LogP contribution is -2.16. The monoisotopic (exact) mass is 257 g/mol. The molecule has 1 aromatic rings. The molecule has 16 heavy (non-hydrogen) atoms. The van der Waals surface area contributed by atoms with Crippen molar-refractivity contribution in [2.24, 2.45) is 5.73 Å². The SMILES string of the molecule is Cc1ccc([C@H](N)CC(F)F)c(F)c1F.Cl. The van der Waals surface area contributed by atoms with Crippen molar-refractivity contribution in [2.75, 3.05) is 0 Å². The molecule has 0 aromatic heterocycles. The Morgan fingerprint density at radius 3 is 2.25 bits per heavy atom. The van der Waals surface area contributed by atoms with Gasteiger partial charge in [0.05, 0.1) is 0 Å².